The van der Waals surface area contributed by atoms with Gasteiger partial charge in [0.15, 0.2) is 0 Å². The fourth-order valence-corrected chi connectivity index (χ4v) is 4.14. The van der Waals surface area contributed by atoms with Gasteiger partial charge in [-0.05, 0) is 35.8 Å². The fourth-order valence-electron chi connectivity index (χ4n) is 4.14. The maximum absolute atomic E-state index is 11.4. The zero-order chi connectivity index (χ0) is 23.8. The van der Waals surface area contributed by atoms with Crippen LogP contribution in [0.1, 0.15) is 48.4 Å². The molecule has 0 amide bonds. The number of carbonyl (C=O) groups excluding carboxylic acids is 1. The van der Waals surface area contributed by atoms with Gasteiger partial charge in [-0.25, -0.2) is 0 Å². The second-order valence-corrected chi connectivity index (χ2v) is 8.24. The van der Waals surface area contributed by atoms with E-state index in [4.69, 9.17) is 9.90 Å². The van der Waals surface area contributed by atoms with Crippen LogP contribution in [0.15, 0.2) is 60.6 Å². The first-order chi connectivity index (χ1) is 15.8. The first-order valence-electron chi connectivity index (χ1n) is 11.1. The number of benzene rings is 2. The molecule has 1 radical (unpaired) electrons. The van der Waals surface area contributed by atoms with Gasteiger partial charge in [-0.2, -0.15) is 48.6 Å². The standard InChI is InChI=1S/C12H11N.C10H11.C5H5F3O2.Ir/c1-3-9-4-2-6-11-8-13-7-10(5-1)12(9)11;1-2-6-10-8-4-3-7-9(10)5-1;1-3(9)2-4(10)5(6,7)8;/h1,3,5,7-8H,2,4,6H2;1,5-6H,3-4,7-8H2;2,10H,1H3;/q;-1;;/p+1/b;;4-2-;. The second kappa shape index (κ2) is 12.8. The molecule has 0 fully saturated rings. The molecule has 183 valence electrons. The number of aryl methyl sites for hydroxylation is 4. The Kier molecular flexibility index (Phi) is 10.5. The summed E-state index contributed by atoms with van der Waals surface area (Å²) in [7, 11) is 0. The molecule has 0 unspecified atom stereocenters. The van der Waals surface area contributed by atoms with Gasteiger partial charge >= 0.3 is 12.0 Å². The molecule has 34 heavy (non-hydrogen) atoms. The molecular formula is C27H28F3IrNO2. The minimum Gasteiger partial charge on any atom is -0.504 e. The van der Waals surface area contributed by atoms with E-state index >= 15 is 0 Å². The number of aliphatic hydroxyl groups is 1. The molecule has 0 saturated heterocycles. The molecule has 3 nitrogen and oxygen atoms in total. The van der Waals surface area contributed by atoms with E-state index in [1.165, 1.54) is 72.4 Å². The van der Waals surface area contributed by atoms with Crippen LogP contribution in [0.3, 0.4) is 0 Å². The van der Waals surface area contributed by atoms with E-state index in [0.29, 0.717) is 0 Å². The quantitative estimate of drug-likeness (QED) is 0.139. The Hall–Kier alpha value is -2.50. The average molecular weight is 648 g/mol. The number of aromatic nitrogens is 1. The molecule has 0 bridgehead atoms. The Morgan fingerprint density at radius 3 is 2.29 bits per heavy atom. The third kappa shape index (κ3) is 7.78. The first-order valence-corrected chi connectivity index (χ1v) is 11.1. The van der Waals surface area contributed by atoms with Gasteiger partial charge in [0, 0.05) is 37.9 Å². The van der Waals surface area contributed by atoms with Crippen LogP contribution in [0.5, 0.6) is 0 Å². The number of nitrogens with zero attached hydrogens (tertiary/aromatic N) is 1. The van der Waals surface area contributed by atoms with Gasteiger partial charge in [0.1, 0.15) is 0 Å². The van der Waals surface area contributed by atoms with Crippen LogP contribution >= 0.6 is 0 Å². The number of fused-ring (bicyclic) bond motifs is 1. The van der Waals surface area contributed by atoms with Crippen LogP contribution in [0.4, 0.5) is 13.2 Å². The van der Waals surface area contributed by atoms with Gasteiger partial charge in [0.2, 0.25) is 5.76 Å². The third-order valence-corrected chi connectivity index (χ3v) is 5.67. The summed E-state index contributed by atoms with van der Waals surface area (Å²) < 4.78 is 34.1. The number of pyridine rings is 1. The number of alkyl halides is 3. The van der Waals surface area contributed by atoms with Crippen molar-refractivity contribution in [2.24, 2.45) is 0 Å². The Labute approximate surface area is 211 Å². The van der Waals surface area contributed by atoms with Crippen molar-refractivity contribution in [3.63, 3.8) is 0 Å². The average Bonchev–Trinajstić information content (AvgIpc) is 2.80. The van der Waals surface area contributed by atoms with Gasteiger partial charge < -0.3 is 5.11 Å². The van der Waals surface area contributed by atoms with Crippen LogP contribution in [-0.2, 0) is 45.8 Å². The van der Waals surface area contributed by atoms with E-state index in [1.54, 1.807) is 5.56 Å². The van der Waals surface area contributed by atoms with Gasteiger partial charge in [-0.3, -0.25) is 9.78 Å². The molecule has 0 spiro atoms. The zero-order valence-electron chi connectivity index (χ0n) is 19.0. The van der Waals surface area contributed by atoms with E-state index in [1.807, 2.05) is 18.5 Å². The summed E-state index contributed by atoms with van der Waals surface area (Å²) >= 11 is 0. The normalized spacial score (nSPS) is 14.4. The minimum atomic E-state index is -4.77. The summed E-state index contributed by atoms with van der Waals surface area (Å²) in [5.41, 5.74) is 6.00. The smallest absolute Gasteiger partial charge is 0.449 e. The van der Waals surface area contributed by atoms with Crippen LogP contribution in [-0.4, -0.2) is 26.8 Å². The maximum atomic E-state index is 11.4. The minimum absolute atomic E-state index is 0. The zero-order valence-corrected chi connectivity index (χ0v) is 21.3. The van der Waals surface area contributed by atoms with E-state index in [0.717, 1.165) is 6.92 Å². The molecule has 0 atom stereocenters. The molecule has 2 aromatic carbocycles. The first kappa shape index (κ1) is 27.7. The van der Waals surface area contributed by atoms with Crippen molar-refractivity contribution in [2.45, 2.75) is 58.0 Å². The Morgan fingerprint density at radius 1 is 0.971 bits per heavy atom. The van der Waals surface area contributed by atoms with Crippen molar-refractivity contribution in [1.29, 1.82) is 0 Å². The fraction of sp³-hybridized carbons (Fsp3) is 0.333. The van der Waals surface area contributed by atoms with Gasteiger partial charge in [0.25, 0.3) is 0 Å². The van der Waals surface area contributed by atoms with Gasteiger partial charge in [-0.1, -0.05) is 43.9 Å². The maximum Gasteiger partial charge on any atom is 0.449 e. The number of aliphatic hydroxyl groups excluding tert-OH is 1. The van der Waals surface area contributed by atoms with Crippen LogP contribution in [0.2, 0.25) is 0 Å². The molecule has 3 aromatic rings. The summed E-state index contributed by atoms with van der Waals surface area (Å²) in [6.45, 7) is 1.03. The Balaban J connectivity index is 0.000000181. The van der Waals surface area contributed by atoms with Crippen molar-refractivity contribution in [3.05, 3.63) is 88.9 Å². The van der Waals surface area contributed by atoms with Crippen LogP contribution < -0.4 is 0 Å². The number of halogens is 3. The second-order valence-electron chi connectivity index (χ2n) is 8.24. The van der Waals surface area contributed by atoms with Gasteiger partial charge in [-0.15, -0.1) is 0 Å². The SMILES string of the molecule is CC(=[OH+])/C=C(\O)C(F)(F)F.[Ir].[c-]1ccc2c(c1)CCCC2.c1cc2c3c(cncc3c1)CCC2. The summed E-state index contributed by atoms with van der Waals surface area (Å²) in [5, 5.41) is 10.9. The van der Waals surface area contributed by atoms with E-state index in [-0.39, 0.29) is 26.2 Å². The molecule has 2 aliphatic carbocycles. The van der Waals surface area contributed by atoms with Crippen molar-refractivity contribution in [1.82, 2.24) is 4.98 Å². The van der Waals surface area contributed by atoms with Crippen molar-refractivity contribution >= 4 is 16.6 Å². The van der Waals surface area contributed by atoms with Crippen molar-refractivity contribution < 1.29 is 43.2 Å². The summed E-state index contributed by atoms with van der Waals surface area (Å²) in [6.07, 6.45) is 8.44. The largest absolute Gasteiger partial charge is 0.504 e. The van der Waals surface area contributed by atoms with Crippen LogP contribution in [0, 0.1) is 6.07 Å². The summed E-state index contributed by atoms with van der Waals surface area (Å²) in [5.74, 6) is -2.39. The number of hydrogen-bond donors (Lipinski definition) is 1. The summed E-state index contributed by atoms with van der Waals surface area (Å²) in [6, 6.07) is 16.0. The molecule has 0 saturated carbocycles. The molecule has 7 heteroatoms. The molecule has 1 aromatic heterocycles. The molecular weight excluding hydrogens is 620 g/mol. The van der Waals surface area contributed by atoms with E-state index in [9.17, 15) is 13.2 Å². The van der Waals surface area contributed by atoms with E-state index in [2.05, 4.69) is 41.4 Å². The predicted molar refractivity (Wildman–Crippen MR) is 125 cm³/mol. The number of ketones is 1. The molecule has 2 aliphatic rings. The van der Waals surface area contributed by atoms with Gasteiger partial charge in [0.05, 0.1) is 13.0 Å². The third-order valence-electron chi connectivity index (χ3n) is 5.67. The molecule has 2 N–H and O–H groups in total. The number of allylic oxidation sites excluding steroid dienone is 2. The van der Waals surface area contributed by atoms with Crippen molar-refractivity contribution in [3.8, 4) is 0 Å². The van der Waals surface area contributed by atoms with Crippen LogP contribution in [0.25, 0.3) is 10.8 Å². The molecule has 0 aliphatic heterocycles. The number of hydrogen-bond acceptors (Lipinski definition) is 2. The molecule has 5 rings (SSSR count). The molecule has 1 heterocycles. The van der Waals surface area contributed by atoms with E-state index < -0.39 is 17.7 Å². The summed E-state index contributed by atoms with van der Waals surface area (Å²) in [4.78, 5) is 12.5. The predicted octanol–water partition coefficient (Wildman–Crippen LogP) is 6.64. The Morgan fingerprint density at radius 2 is 1.65 bits per heavy atom. The Bertz CT molecular complexity index is 1080. The van der Waals surface area contributed by atoms with Crippen molar-refractivity contribution in [2.75, 3.05) is 0 Å². The monoisotopic (exact) mass is 648 g/mol. The topological polar surface area (TPSA) is 54.5 Å². The number of rotatable bonds is 1.